The van der Waals surface area contributed by atoms with E-state index >= 15 is 0 Å². The van der Waals surface area contributed by atoms with E-state index in [2.05, 4.69) is 10.6 Å². The molecule has 3 aromatic carbocycles. The van der Waals surface area contributed by atoms with Gasteiger partial charge in [-0.2, -0.15) is 0 Å². The van der Waals surface area contributed by atoms with Gasteiger partial charge in [-0.15, -0.1) is 0 Å². The van der Waals surface area contributed by atoms with Crippen molar-refractivity contribution < 1.29 is 33.7 Å². The molecule has 2 atom stereocenters. The number of hydrogen-bond donors (Lipinski definition) is 3. The van der Waals surface area contributed by atoms with Crippen LogP contribution >= 0.6 is 11.8 Å². The molecule has 0 aromatic heterocycles. The zero-order chi connectivity index (χ0) is 30.1. The summed E-state index contributed by atoms with van der Waals surface area (Å²) in [6.45, 7) is 5.67. The minimum atomic E-state index is -0.956. The molecule has 3 amide bonds. The molecular formula is C31H35N3O7S. The van der Waals surface area contributed by atoms with Gasteiger partial charge in [-0.25, -0.2) is 4.79 Å². The van der Waals surface area contributed by atoms with Gasteiger partial charge in [-0.05, 0) is 93.0 Å². The Labute approximate surface area is 249 Å². The first-order valence-corrected chi connectivity index (χ1v) is 14.4. The molecule has 0 bridgehead atoms. The van der Waals surface area contributed by atoms with Crippen molar-refractivity contribution in [1.29, 1.82) is 0 Å². The first kappa shape index (κ1) is 30.7. The first-order chi connectivity index (χ1) is 20.0. The molecule has 3 N–H and O–H groups in total. The number of benzene rings is 3. The minimum Gasteiger partial charge on any atom is -0.491 e. The van der Waals surface area contributed by atoms with Crippen LogP contribution < -0.4 is 20.1 Å². The number of aliphatic hydroxyl groups is 1. The van der Waals surface area contributed by atoms with Crippen LogP contribution in [0.4, 0.5) is 15.3 Å². The topological polar surface area (TPSA) is 126 Å². The number of thioether (sulfide) groups is 1. The Bertz CT molecular complexity index is 1350. The van der Waals surface area contributed by atoms with Crippen molar-refractivity contribution in [3.8, 4) is 17.2 Å². The average Bonchev–Trinajstić information content (AvgIpc) is 3.27. The molecule has 0 aliphatic carbocycles. The quantitative estimate of drug-likeness (QED) is 0.252. The van der Waals surface area contributed by atoms with E-state index in [4.69, 9.17) is 14.2 Å². The van der Waals surface area contributed by atoms with Crippen LogP contribution in [0.2, 0.25) is 0 Å². The van der Waals surface area contributed by atoms with Crippen LogP contribution in [0.1, 0.15) is 26.3 Å². The van der Waals surface area contributed by atoms with Crippen LogP contribution in [0, 0.1) is 0 Å². The highest BCUT2D eigenvalue weighted by Gasteiger charge is 2.31. The lowest BCUT2D eigenvalue weighted by molar-refractivity contribution is -0.118. The number of rotatable bonds is 12. The van der Waals surface area contributed by atoms with Gasteiger partial charge in [0.05, 0.1) is 6.54 Å². The van der Waals surface area contributed by atoms with Gasteiger partial charge in [0.15, 0.2) is 5.37 Å². The Morgan fingerprint density at radius 3 is 2.24 bits per heavy atom. The molecule has 0 spiro atoms. The third kappa shape index (κ3) is 9.71. The van der Waals surface area contributed by atoms with Crippen LogP contribution in [-0.2, 0) is 16.0 Å². The fourth-order valence-corrected chi connectivity index (χ4v) is 4.68. The number of hydrogen-bond acceptors (Lipinski definition) is 9. The van der Waals surface area contributed by atoms with E-state index < -0.39 is 23.2 Å². The highest BCUT2D eigenvalue weighted by molar-refractivity contribution is 8.15. The summed E-state index contributed by atoms with van der Waals surface area (Å²) in [6, 6.07) is 23.9. The van der Waals surface area contributed by atoms with Crippen molar-refractivity contribution >= 4 is 34.7 Å². The van der Waals surface area contributed by atoms with E-state index in [-0.39, 0.29) is 24.3 Å². The van der Waals surface area contributed by atoms with Crippen LogP contribution in [0.15, 0.2) is 78.9 Å². The molecule has 1 aliphatic heterocycles. The van der Waals surface area contributed by atoms with Crippen molar-refractivity contribution in [2.24, 2.45) is 0 Å². The van der Waals surface area contributed by atoms with Crippen LogP contribution in [0.25, 0.3) is 0 Å². The summed E-state index contributed by atoms with van der Waals surface area (Å²) >= 11 is 0.895. The molecule has 1 heterocycles. The smallest absolute Gasteiger partial charge is 0.410 e. The number of anilines is 1. The third-order valence-electron chi connectivity index (χ3n) is 5.94. The minimum absolute atomic E-state index is 0.0196. The lowest BCUT2D eigenvalue weighted by Crippen LogP contribution is -2.43. The zero-order valence-corrected chi connectivity index (χ0v) is 24.6. The second-order valence-electron chi connectivity index (χ2n) is 10.6. The molecule has 2 unspecified atom stereocenters. The summed E-state index contributed by atoms with van der Waals surface area (Å²) in [6.07, 6.45) is -0.981. The maximum absolute atomic E-state index is 12.9. The Hall–Kier alpha value is -4.22. The fraction of sp³-hybridized carbons (Fsp3) is 0.323. The monoisotopic (exact) mass is 593 g/mol. The Kier molecular flexibility index (Phi) is 10.3. The number of amides is 3. The molecule has 4 rings (SSSR count). The summed E-state index contributed by atoms with van der Waals surface area (Å²) < 4.78 is 17.1. The number of carbonyl (C=O) groups excluding carboxylic acids is 3. The second kappa shape index (κ2) is 14.1. The number of carbonyl (C=O) groups is 3. The summed E-state index contributed by atoms with van der Waals surface area (Å²) in [7, 11) is 0. The third-order valence-corrected chi connectivity index (χ3v) is 6.82. The maximum atomic E-state index is 12.9. The van der Waals surface area contributed by atoms with Crippen LogP contribution in [0.3, 0.4) is 0 Å². The van der Waals surface area contributed by atoms with Gasteiger partial charge < -0.3 is 29.5 Å². The predicted octanol–water partition coefficient (Wildman–Crippen LogP) is 5.42. The number of aliphatic hydroxyl groups excluding tert-OH is 1. The lowest BCUT2D eigenvalue weighted by Gasteiger charge is -2.29. The molecule has 0 radical (unpaired) electrons. The van der Waals surface area contributed by atoms with E-state index in [0.29, 0.717) is 30.2 Å². The summed E-state index contributed by atoms with van der Waals surface area (Å²) in [5.41, 5.74) is 0.939. The van der Waals surface area contributed by atoms with Crippen molar-refractivity contribution in [2.45, 2.75) is 44.3 Å². The largest absolute Gasteiger partial charge is 0.491 e. The van der Waals surface area contributed by atoms with Crippen molar-refractivity contribution in [1.82, 2.24) is 10.2 Å². The van der Waals surface area contributed by atoms with E-state index in [1.54, 1.807) is 45.0 Å². The molecule has 42 heavy (non-hydrogen) atoms. The molecule has 3 aromatic rings. The van der Waals surface area contributed by atoms with E-state index in [1.165, 1.54) is 4.90 Å². The lowest BCUT2D eigenvalue weighted by atomic mass is 10.1. The van der Waals surface area contributed by atoms with Gasteiger partial charge in [-0.3, -0.25) is 14.9 Å². The molecule has 11 heteroatoms. The average molecular weight is 594 g/mol. The highest BCUT2D eigenvalue weighted by Crippen LogP contribution is 2.24. The number of para-hydroxylation sites is 1. The molecule has 222 valence electrons. The van der Waals surface area contributed by atoms with Gasteiger partial charge in [-0.1, -0.05) is 30.3 Å². The second-order valence-corrected chi connectivity index (χ2v) is 11.7. The van der Waals surface area contributed by atoms with E-state index in [0.717, 1.165) is 23.1 Å². The number of nitrogens with zero attached hydrogens (tertiary/aromatic N) is 1. The molecule has 1 fully saturated rings. The molecule has 0 saturated carbocycles. The standard InChI is InChI=1S/C31H35N3O7S/c1-31(2,3)41-30(38)34(18-17-21-9-11-22(12-10-21)32-28-27(36)33-29(37)42-28)19-23(35)20-39-24-13-15-26(16-14-24)40-25-7-5-4-6-8-25/h4-16,23,28,32,35H,17-20H2,1-3H3,(H,33,36,37). The maximum Gasteiger partial charge on any atom is 0.410 e. The van der Waals surface area contributed by atoms with Crippen molar-refractivity contribution in [2.75, 3.05) is 25.0 Å². The molecule has 1 aliphatic rings. The normalized spacial score (nSPS) is 15.5. The first-order valence-electron chi connectivity index (χ1n) is 13.5. The Morgan fingerprint density at radius 2 is 1.62 bits per heavy atom. The molecule has 10 nitrogen and oxygen atoms in total. The van der Waals surface area contributed by atoms with Crippen molar-refractivity contribution in [3.63, 3.8) is 0 Å². The van der Waals surface area contributed by atoms with Gasteiger partial charge in [0, 0.05) is 12.2 Å². The van der Waals surface area contributed by atoms with Crippen LogP contribution in [0.5, 0.6) is 17.2 Å². The fourth-order valence-electron chi connectivity index (χ4n) is 3.95. The number of imide groups is 1. The van der Waals surface area contributed by atoms with E-state index in [9.17, 15) is 19.5 Å². The highest BCUT2D eigenvalue weighted by atomic mass is 32.2. The van der Waals surface area contributed by atoms with Crippen molar-refractivity contribution in [3.05, 3.63) is 84.4 Å². The van der Waals surface area contributed by atoms with Gasteiger partial charge in [0.2, 0.25) is 0 Å². The van der Waals surface area contributed by atoms with E-state index in [1.807, 2.05) is 54.6 Å². The van der Waals surface area contributed by atoms with Gasteiger partial charge >= 0.3 is 6.09 Å². The number of ether oxygens (including phenoxy) is 3. The zero-order valence-electron chi connectivity index (χ0n) is 23.7. The molecule has 1 saturated heterocycles. The predicted molar refractivity (Wildman–Crippen MR) is 161 cm³/mol. The van der Waals surface area contributed by atoms with Gasteiger partial charge in [0.1, 0.15) is 35.6 Å². The Morgan fingerprint density at radius 1 is 0.976 bits per heavy atom. The number of nitrogens with one attached hydrogen (secondary N) is 2. The summed E-state index contributed by atoms with van der Waals surface area (Å²) in [5, 5.41) is 14.9. The Balaban J connectivity index is 1.29. The van der Waals surface area contributed by atoms with Crippen LogP contribution in [-0.4, -0.2) is 64.0 Å². The summed E-state index contributed by atoms with van der Waals surface area (Å²) in [5.74, 6) is 1.57. The molecular weight excluding hydrogens is 558 g/mol. The van der Waals surface area contributed by atoms with Gasteiger partial charge in [0.25, 0.3) is 11.1 Å². The SMILES string of the molecule is CC(C)(C)OC(=O)N(CCc1ccc(NC2SC(=O)NC2=O)cc1)CC(O)COc1ccc(Oc2ccccc2)cc1. The summed E-state index contributed by atoms with van der Waals surface area (Å²) in [4.78, 5) is 37.6.